The summed E-state index contributed by atoms with van der Waals surface area (Å²) in [4.78, 5) is 9.25. The van der Waals surface area contributed by atoms with Crippen LogP contribution in [0.5, 0.6) is 0 Å². The maximum atomic E-state index is 5.81. The molecule has 1 saturated heterocycles. The minimum atomic E-state index is 0.203. The highest BCUT2D eigenvalue weighted by atomic mass is 79.9. The van der Waals surface area contributed by atoms with Gasteiger partial charge in [0.2, 0.25) is 0 Å². The Morgan fingerprint density at radius 2 is 2.25 bits per heavy atom. The molecule has 0 aliphatic carbocycles. The fourth-order valence-electron chi connectivity index (χ4n) is 2.80. The first kappa shape index (κ1) is 15.9. The number of likely N-dealkylation sites (N-methyl/N-ethyl adjacent to an activating group) is 2. The molecule has 1 fully saturated rings. The van der Waals surface area contributed by atoms with Crippen molar-refractivity contribution in [3.8, 4) is 0 Å². The van der Waals surface area contributed by atoms with E-state index in [-0.39, 0.29) is 6.04 Å². The van der Waals surface area contributed by atoms with Gasteiger partial charge in [-0.2, -0.15) is 0 Å². The standard InChI is InChI=1S/C14H24BrN5/c1-19-6-3-7-20(2)14(10-19)13(18-16)8-12-5-4-11(15)9-17-12/h4-5,9,13-14,18H,3,6-8,10,16H2,1-2H3. The molecular weight excluding hydrogens is 318 g/mol. The second kappa shape index (κ2) is 7.47. The number of pyridine rings is 1. The Balaban J connectivity index is 2.07. The first-order valence-electron chi connectivity index (χ1n) is 7.05. The number of hydrazine groups is 1. The van der Waals surface area contributed by atoms with Gasteiger partial charge in [0.05, 0.1) is 0 Å². The number of aromatic nitrogens is 1. The van der Waals surface area contributed by atoms with E-state index in [9.17, 15) is 0 Å². The van der Waals surface area contributed by atoms with Gasteiger partial charge in [-0.25, -0.2) is 0 Å². The molecule has 1 aromatic heterocycles. The third kappa shape index (κ3) is 4.23. The minimum absolute atomic E-state index is 0.203. The highest BCUT2D eigenvalue weighted by Gasteiger charge is 2.28. The normalized spacial score (nSPS) is 23.5. The van der Waals surface area contributed by atoms with Gasteiger partial charge in [-0.05, 0) is 61.7 Å². The van der Waals surface area contributed by atoms with Gasteiger partial charge < -0.3 is 9.80 Å². The smallest absolute Gasteiger partial charge is 0.0433 e. The summed E-state index contributed by atoms with van der Waals surface area (Å²) in [6, 6.07) is 4.68. The quantitative estimate of drug-likeness (QED) is 0.628. The van der Waals surface area contributed by atoms with Crippen LogP contribution in [0.4, 0.5) is 0 Å². The first-order chi connectivity index (χ1) is 9.60. The zero-order valence-corrected chi connectivity index (χ0v) is 13.8. The molecule has 0 spiro atoms. The number of nitrogens with zero attached hydrogens (tertiary/aromatic N) is 3. The maximum absolute atomic E-state index is 5.81. The molecule has 112 valence electrons. The molecule has 2 heterocycles. The van der Waals surface area contributed by atoms with Gasteiger partial charge in [0.25, 0.3) is 0 Å². The Morgan fingerprint density at radius 3 is 2.90 bits per heavy atom. The molecule has 0 amide bonds. The average Bonchev–Trinajstić information content (AvgIpc) is 2.60. The van der Waals surface area contributed by atoms with Gasteiger partial charge in [0.15, 0.2) is 0 Å². The monoisotopic (exact) mass is 341 g/mol. The molecule has 5 nitrogen and oxygen atoms in total. The number of nitrogens with two attached hydrogens (primary N) is 1. The Morgan fingerprint density at radius 1 is 1.45 bits per heavy atom. The molecule has 2 unspecified atom stereocenters. The minimum Gasteiger partial charge on any atom is -0.305 e. The summed E-state index contributed by atoms with van der Waals surface area (Å²) in [5, 5.41) is 0. The van der Waals surface area contributed by atoms with E-state index in [2.05, 4.69) is 56.3 Å². The number of hydrogen-bond donors (Lipinski definition) is 2. The van der Waals surface area contributed by atoms with Crippen LogP contribution >= 0.6 is 15.9 Å². The van der Waals surface area contributed by atoms with Crippen LogP contribution in [0.1, 0.15) is 12.1 Å². The summed E-state index contributed by atoms with van der Waals surface area (Å²) >= 11 is 3.42. The molecule has 2 rings (SSSR count). The Hall–Kier alpha value is -0.530. The van der Waals surface area contributed by atoms with Crippen molar-refractivity contribution in [2.75, 3.05) is 33.7 Å². The zero-order chi connectivity index (χ0) is 14.5. The van der Waals surface area contributed by atoms with E-state index in [0.29, 0.717) is 6.04 Å². The van der Waals surface area contributed by atoms with Crippen LogP contribution in [0.3, 0.4) is 0 Å². The second-order valence-electron chi connectivity index (χ2n) is 5.61. The van der Waals surface area contributed by atoms with Gasteiger partial charge in [0, 0.05) is 41.4 Å². The molecule has 0 radical (unpaired) electrons. The predicted octanol–water partition coefficient (Wildman–Crippen LogP) is 0.854. The molecule has 6 heteroatoms. The Bertz CT molecular complexity index is 411. The van der Waals surface area contributed by atoms with E-state index >= 15 is 0 Å². The molecule has 1 aromatic rings. The number of hydrogen-bond acceptors (Lipinski definition) is 5. The van der Waals surface area contributed by atoms with Crippen LogP contribution in [-0.2, 0) is 6.42 Å². The molecule has 0 bridgehead atoms. The van der Waals surface area contributed by atoms with Gasteiger partial charge in [-0.15, -0.1) is 0 Å². The van der Waals surface area contributed by atoms with Crippen molar-refractivity contribution in [1.29, 1.82) is 0 Å². The van der Waals surface area contributed by atoms with Gasteiger partial charge in [-0.1, -0.05) is 0 Å². The van der Waals surface area contributed by atoms with E-state index in [1.165, 1.54) is 6.42 Å². The van der Waals surface area contributed by atoms with Crippen LogP contribution in [-0.4, -0.2) is 60.6 Å². The van der Waals surface area contributed by atoms with Crippen LogP contribution in [0.15, 0.2) is 22.8 Å². The van der Waals surface area contributed by atoms with Crippen LogP contribution < -0.4 is 11.3 Å². The van der Waals surface area contributed by atoms with Crippen molar-refractivity contribution in [2.45, 2.75) is 24.9 Å². The summed E-state index contributed by atoms with van der Waals surface area (Å²) in [6.07, 6.45) is 3.88. The lowest BCUT2D eigenvalue weighted by molar-refractivity contribution is 0.177. The lowest BCUT2D eigenvalue weighted by Crippen LogP contribution is -2.55. The first-order valence-corrected chi connectivity index (χ1v) is 7.85. The van der Waals surface area contributed by atoms with Crippen molar-refractivity contribution >= 4 is 15.9 Å². The molecule has 1 aliphatic heterocycles. The lowest BCUT2D eigenvalue weighted by atomic mass is 10.0. The second-order valence-corrected chi connectivity index (χ2v) is 6.52. The lowest BCUT2D eigenvalue weighted by Gasteiger charge is -2.34. The van der Waals surface area contributed by atoms with Crippen LogP contribution in [0.25, 0.3) is 0 Å². The fourth-order valence-corrected chi connectivity index (χ4v) is 3.03. The summed E-state index contributed by atoms with van der Waals surface area (Å²) in [5.41, 5.74) is 4.06. The SMILES string of the molecule is CN1CCCN(C)C(C(Cc2ccc(Br)cn2)NN)C1. The summed E-state index contributed by atoms with van der Waals surface area (Å²) in [5.74, 6) is 5.81. The van der Waals surface area contributed by atoms with Gasteiger partial charge in [-0.3, -0.25) is 16.3 Å². The third-order valence-electron chi connectivity index (χ3n) is 4.01. The van der Waals surface area contributed by atoms with Crippen LogP contribution in [0.2, 0.25) is 0 Å². The fraction of sp³-hybridized carbons (Fsp3) is 0.643. The maximum Gasteiger partial charge on any atom is 0.0433 e. The van der Waals surface area contributed by atoms with E-state index in [1.54, 1.807) is 0 Å². The molecule has 20 heavy (non-hydrogen) atoms. The molecular formula is C14H24BrN5. The van der Waals surface area contributed by atoms with Crippen molar-refractivity contribution in [3.05, 3.63) is 28.5 Å². The molecule has 1 aliphatic rings. The number of halogens is 1. The van der Waals surface area contributed by atoms with E-state index < -0.39 is 0 Å². The summed E-state index contributed by atoms with van der Waals surface area (Å²) in [7, 11) is 4.36. The van der Waals surface area contributed by atoms with Crippen molar-refractivity contribution in [3.63, 3.8) is 0 Å². The van der Waals surface area contributed by atoms with Gasteiger partial charge in [0.1, 0.15) is 0 Å². The highest BCUT2D eigenvalue weighted by Crippen LogP contribution is 2.14. The summed E-state index contributed by atoms with van der Waals surface area (Å²) < 4.78 is 1.00. The van der Waals surface area contributed by atoms with Crippen LogP contribution in [0, 0.1) is 0 Å². The van der Waals surface area contributed by atoms with Crippen molar-refractivity contribution < 1.29 is 0 Å². The van der Waals surface area contributed by atoms with E-state index in [1.807, 2.05) is 12.3 Å². The average molecular weight is 342 g/mol. The number of nitrogens with one attached hydrogen (secondary N) is 1. The zero-order valence-electron chi connectivity index (χ0n) is 12.2. The Kier molecular flexibility index (Phi) is 5.92. The summed E-state index contributed by atoms with van der Waals surface area (Å²) in [6.45, 7) is 3.29. The third-order valence-corrected chi connectivity index (χ3v) is 4.48. The topological polar surface area (TPSA) is 57.4 Å². The largest absolute Gasteiger partial charge is 0.305 e. The molecule has 0 aromatic carbocycles. The van der Waals surface area contributed by atoms with Crippen molar-refractivity contribution in [2.24, 2.45) is 5.84 Å². The molecule has 3 N–H and O–H groups in total. The molecule has 0 saturated carbocycles. The highest BCUT2D eigenvalue weighted by molar-refractivity contribution is 9.10. The van der Waals surface area contributed by atoms with E-state index in [4.69, 9.17) is 5.84 Å². The number of rotatable bonds is 4. The van der Waals surface area contributed by atoms with E-state index in [0.717, 1.165) is 36.2 Å². The Labute approximate surface area is 129 Å². The van der Waals surface area contributed by atoms with Gasteiger partial charge >= 0.3 is 0 Å². The predicted molar refractivity (Wildman–Crippen MR) is 85.3 cm³/mol. The molecule has 2 atom stereocenters. The van der Waals surface area contributed by atoms with Crippen molar-refractivity contribution in [1.82, 2.24) is 20.2 Å².